The van der Waals surface area contributed by atoms with Crippen LogP contribution in [-0.2, 0) is 23.2 Å². The average Bonchev–Trinajstić information content (AvgIpc) is 3.21. The van der Waals surface area contributed by atoms with Gasteiger partial charge in [-0.25, -0.2) is 0 Å². The third-order valence-electron chi connectivity index (χ3n) is 6.30. The van der Waals surface area contributed by atoms with Crippen LogP contribution in [0.1, 0.15) is 49.3 Å². The van der Waals surface area contributed by atoms with E-state index in [1.807, 2.05) is 0 Å². The van der Waals surface area contributed by atoms with Crippen molar-refractivity contribution in [1.82, 2.24) is 0 Å². The molecule has 2 aromatic rings. The molecule has 0 amide bonds. The standard InChI is InChI=1S/C23H22O.2ClH.Zr/c1-23(11-6-12-24,21-13-17-7-2-3-8-18(17)14-21)22-15-19-9-4-5-10-20(19)16-22;;;/h2-5,7-10,13-16,24H,6,11-12H2,1H3;2*1H;/q;;;+2/p-2. The minimum absolute atomic E-state index is 0. The summed E-state index contributed by atoms with van der Waals surface area (Å²) < 4.78 is 1.38. The molecule has 1 N–H and O–H groups in total. The largest absolute Gasteiger partial charge is 1.00 e. The Bertz CT molecular complexity index is 851. The van der Waals surface area contributed by atoms with Gasteiger partial charge in [-0.1, -0.05) is 0 Å². The summed E-state index contributed by atoms with van der Waals surface area (Å²) in [6.45, 7) is 2.72. The van der Waals surface area contributed by atoms with Crippen LogP contribution in [0.25, 0.3) is 12.2 Å². The van der Waals surface area contributed by atoms with E-state index in [2.05, 4.69) is 67.6 Å². The Kier molecular flexibility index (Phi) is 6.24. The Morgan fingerprint density at radius 1 is 0.852 bits per heavy atom. The SMILES string of the molecule is CC1(CCCO)C2=Cc3ccccc3[CH]2[Zr+2][CH]2C1=Cc1ccccc12.[Cl-].[Cl-]. The summed E-state index contributed by atoms with van der Waals surface area (Å²) in [6, 6.07) is 18.0. The molecule has 2 unspecified atom stereocenters. The zero-order valence-electron chi connectivity index (χ0n) is 15.3. The molecule has 27 heavy (non-hydrogen) atoms. The molecule has 1 aliphatic heterocycles. The van der Waals surface area contributed by atoms with E-state index in [4.69, 9.17) is 0 Å². The van der Waals surface area contributed by atoms with Crippen molar-refractivity contribution in [2.24, 2.45) is 5.41 Å². The molecular weight excluding hydrogens is 454 g/mol. The first-order valence-electron chi connectivity index (χ1n) is 9.21. The van der Waals surface area contributed by atoms with E-state index >= 15 is 0 Å². The molecule has 1 nitrogen and oxygen atoms in total. The van der Waals surface area contributed by atoms with Gasteiger partial charge >= 0.3 is 161 Å². The van der Waals surface area contributed by atoms with Crippen LogP contribution >= 0.6 is 0 Å². The molecule has 0 radical (unpaired) electrons. The van der Waals surface area contributed by atoms with Crippen LogP contribution in [0.5, 0.6) is 0 Å². The zero-order chi connectivity index (χ0) is 17.0. The number of halogens is 2. The minimum Gasteiger partial charge on any atom is -1.00 e. The monoisotopic (exact) mass is 474 g/mol. The quantitative estimate of drug-likeness (QED) is 0.612. The van der Waals surface area contributed by atoms with Gasteiger partial charge in [0.15, 0.2) is 0 Å². The van der Waals surface area contributed by atoms with Crippen LogP contribution in [0.3, 0.4) is 0 Å². The molecule has 1 heterocycles. The first-order valence-corrected chi connectivity index (χ1v) is 12.0. The van der Waals surface area contributed by atoms with E-state index in [-0.39, 0.29) is 36.8 Å². The smallest absolute Gasteiger partial charge is 1.00 e. The van der Waals surface area contributed by atoms with E-state index in [9.17, 15) is 5.11 Å². The van der Waals surface area contributed by atoms with Gasteiger partial charge in [-0.3, -0.25) is 0 Å². The van der Waals surface area contributed by atoms with Gasteiger partial charge in [0.2, 0.25) is 0 Å². The van der Waals surface area contributed by atoms with Crippen molar-refractivity contribution >= 4 is 12.2 Å². The van der Waals surface area contributed by atoms with E-state index in [1.54, 1.807) is 22.3 Å². The molecule has 2 aromatic carbocycles. The predicted molar refractivity (Wildman–Crippen MR) is 98.7 cm³/mol. The van der Waals surface area contributed by atoms with Crippen LogP contribution in [0.15, 0.2) is 59.7 Å². The minimum atomic E-state index is -0.683. The zero-order valence-corrected chi connectivity index (χ0v) is 19.2. The van der Waals surface area contributed by atoms with Gasteiger partial charge in [-0.05, 0) is 0 Å². The van der Waals surface area contributed by atoms with E-state index in [0.29, 0.717) is 7.25 Å². The number of aliphatic hydroxyl groups excluding tert-OH is 1. The molecular formula is C23H22Cl2OZr. The van der Waals surface area contributed by atoms with Gasteiger partial charge in [0, 0.05) is 0 Å². The molecule has 0 saturated carbocycles. The summed E-state index contributed by atoms with van der Waals surface area (Å²) in [4.78, 5) is 0. The van der Waals surface area contributed by atoms with Crippen molar-refractivity contribution < 1.29 is 53.2 Å². The first kappa shape index (κ1) is 21.1. The Morgan fingerprint density at radius 2 is 1.33 bits per heavy atom. The second kappa shape index (κ2) is 7.99. The summed E-state index contributed by atoms with van der Waals surface area (Å²) in [5.41, 5.74) is 9.40. The summed E-state index contributed by atoms with van der Waals surface area (Å²) in [7, 11) is 0. The molecule has 0 spiro atoms. The van der Waals surface area contributed by atoms with Gasteiger partial charge in [-0.15, -0.1) is 0 Å². The normalized spacial score (nSPS) is 25.9. The second-order valence-electron chi connectivity index (χ2n) is 7.65. The van der Waals surface area contributed by atoms with Gasteiger partial charge < -0.3 is 24.8 Å². The van der Waals surface area contributed by atoms with Crippen LogP contribution < -0.4 is 24.8 Å². The van der Waals surface area contributed by atoms with Crippen LogP contribution in [0.2, 0.25) is 0 Å². The van der Waals surface area contributed by atoms with Gasteiger partial charge in [-0.2, -0.15) is 0 Å². The summed E-state index contributed by atoms with van der Waals surface area (Å²) in [5.74, 6) is 0. The van der Waals surface area contributed by atoms with Crippen LogP contribution in [0, 0.1) is 5.41 Å². The molecule has 3 aliphatic rings. The topological polar surface area (TPSA) is 20.2 Å². The maximum Gasteiger partial charge on any atom is -1.00 e. The van der Waals surface area contributed by atoms with Crippen molar-refractivity contribution in [3.63, 3.8) is 0 Å². The van der Waals surface area contributed by atoms with Crippen LogP contribution in [-0.4, -0.2) is 11.7 Å². The number of fused-ring (bicyclic) bond motifs is 6. The fourth-order valence-electron chi connectivity index (χ4n) is 5.02. The predicted octanol–water partition coefficient (Wildman–Crippen LogP) is -0.854. The average molecular weight is 477 g/mol. The third-order valence-corrected chi connectivity index (χ3v) is 11.0. The van der Waals surface area contributed by atoms with E-state index in [0.717, 1.165) is 12.8 Å². The summed E-state index contributed by atoms with van der Waals surface area (Å²) in [5, 5.41) is 9.51. The van der Waals surface area contributed by atoms with Crippen molar-refractivity contribution in [2.45, 2.75) is 27.0 Å². The van der Waals surface area contributed by atoms with Crippen molar-refractivity contribution in [3.8, 4) is 0 Å². The van der Waals surface area contributed by atoms with Gasteiger partial charge in [0.05, 0.1) is 0 Å². The Morgan fingerprint density at radius 3 is 1.81 bits per heavy atom. The molecule has 4 heteroatoms. The Balaban J connectivity index is 0.00000105. The molecule has 1 fully saturated rings. The molecule has 2 aliphatic carbocycles. The maximum absolute atomic E-state index is 9.51. The third kappa shape index (κ3) is 3.14. The fraction of sp³-hybridized carbons (Fsp3) is 0.304. The number of aliphatic hydroxyl groups is 1. The molecule has 2 atom stereocenters. The molecule has 1 saturated heterocycles. The molecule has 0 bridgehead atoms. The van der Waals surface area contributed by atoms with Gasteiger partial charge in [0.1, 0.15) is 0 Å². The number of rotatable bonds is 3. The van der Waals surface area contributed by atoms with Crippen molar-refractivity contribution in [2.75, 3.05) is 6.61 Å². The van der Waals surface area contributed by atoms with Crippen LogP contribution in [0.4, 0.5) is 0 Å². The molecule has 5 rings (SSSR count). The number of hydrogen-bond acceptors (Lipinski definition) is 1. The van der Waals surface area contributed by atoms with Gasteiger partial charge in [0.25, 0.3) is 0 Å². The Labute approximate surface area is 185 Å². The maximum atomic E-state index is 9.51. The van der Waals surface area contributed by atoms with Crippen molar-refractivity contribution in [1.29, 1.82) is 0 Å². The Hall–Kier alpha value is -0.657. The first-order chi connectivity index (χ1) is 12.2. The number of allylic oxidation sites excluding steroid dienone is 2. The summed E-state index contributed by atoms with van der Waals surface area (Å²) >= 11 is -0.683. The second-order valence-corrected chi connectivity index (χ2v) is 11.3. The number of benzene rings is 2. The number of hydrogen-bond donors (Lipinski definition) is 1. The molecule has 138 valence electrons. The fourth-order valence-corrected chi connectivity index (χ4v) is 10.9. The molecule has 0 aromatic heterocycles. The van der Waals surface area contributed by atoms with E-state index < -0.39 is 23.2 Å². The van der Waals surface area contributed by atoms with Crippen molar-refractivity contribution in [3.05, 3.63) is 81.9 Å². The van der Waals surface area contributed by atoms with E-state index in [1.165, 1.54) is 11.1 Å². The summed E-state index contributed by atoms with van der Waals surface area (Å²) in [6.07, 6.45) is 6.90.